The van der Waals surface area contributed by atoms with Crippen LogP contribution in [0.15, 0.2) is 41.6 Å². The van der Waals surface area contributed by atoms with Crippen LogP contribution in [0.2, 0.25) is 0 Å². The minimum atomic E-state index is -0.975. The molecule has 0 aromatic heterocycles. The Morgan fingerprint density at radius 3 is 2.36 bits per heavy atom. The zero-order chi connectivity index (χ0) is 20.0. The third-order valence-electron chi connectivity index (χ3n) is 5.16. The molecule has 1 fully saturated rings. The first-order valence-electron chi connectivity index (χ1n) is 8.88. The Labute approximate surface area is 162 Å². The monoisotopic (exact) mass is 380 g/mol. The molecule has 2 atom stereocenters. The molecule has 0 radical (unpaired) electrons. The van der Waals surface area contributed by atoms with Crippen LogP contribution in [0.5, 0.6) is 11.5 Å². The van der Waals surface area contributed by atoms with E-state index in [1.807, 2.05) is 32.0 Å². The second kappa shape index (κ2) is 6.67. The standard InChI is InChI=1S/C21H20N2O5/c1-11-6-5-7-12(2)18(11)23-20(24)16-17(22-28-19(16)21(23)25)14-10-13(26-3)8-9-15(14)27-4/h5-10,16,19H,1-4H3/t16-,19+/m1/s1. The van der Waals surface area contributed by atoms with Crippen molar-refractivity contribution < 1.29 is 23.9 Å². The lowest BCUT2D eigenvalue weighted by atomic mass is 9.93. The molecule has 0 N–H and O–H groups in total. The van der Waals surface area contributed by atoms with E-state index < -0.39 is 17.9 Å². The number of oxime groups is 1. The van der Waals surface area contributed by atoms with E-state index in [1.165, 1.54) is 12.0 Å². The molecule has 2 aromatic carbocycles. The Balaban J connectivity index is 1.78. The summed E-state index contributed by atoms with van der Waals surface area (Å²) in [5.74, 6) is -0.478. The van der Waals surface area contributed by atoms with Gasteiger partial charge in [0.2, 0.25) is 12.0 Å². The van der Waals surface area contributed by atoms with Gasteiger partial charge in [-0.05, 0) is 43.2 Å². The summed E-state index contributed by atoms with van der Waals surface area (Å²) in [5.41, 5.74) is 3.23. The lowest BCUT2D eigenvalue weighted by molar-refractivity contribution is -0.126. The van der Waals surface area contributed by atoms with Crippen LogP contribution in [-0.2, 0) is 14.4 Å². The van der Waals surface area contributed by atoms with Gasteiger partial charge < -0.3 is 14.3 Å². The third kappa shape index (κ3) is 2.54. The molecule has 7 heteroatoms. The number of rotatable bonds is 4. The van der Waals surface area contributed by atoms with Crippen LogP contribution < -0.4 is 14.4 Å². The molecule has 0 saturated carbocycles. The molecule has 2 aromatic rings. The minimum Gasteiger partial charge on any atom is -0.497 e. The number of aryl methyl sites for hydroxylation is 2. The van der Waals surface area contributed by atoms with Crippen molar-refractivity contribution >= 4 is 23.2 Å². The molecule has 7 nitrogen and oxygen atoms in total. The maximum absolute atomic E-state index is 13.3. The van der Waals surface area contributed by atoms with E-state index in [-0.39, 0.29) is 5.91 Å². The number of hydrogen-bond donors (Lipinski definition) is 0. The van der Waals surface area contributed by atoms with Gasteiger partial charge in [0.25, 0.3) is 5.91 Å². The Kier molecular flexibility index (Phi) is 4.30. The van der Waals surface area contributed by atoms with Crippen LogP contribution in [0.1, 0.15) is 16.7 Å². The van der Waals surface area contributed by atoms with E-state index in [9.17, 15) is 9.59 Å². The van der Waals surface area contributed by atoms with Crippen molar-refractivity contribution in [2.24, 2.45) is 11.1 Å². The summed E-state index contributed by atoms with van der Waals surface area (Å²) in [5, 5.41) is 4.06. The number of ether oxygens (including phenoxy) is 2. The van der Waals surface area contributed by atoms with Gasteiger partial charge in [-0.25, -0.2) is 4.90 Å². The van der Waals surface area contributed by atoms with E-state index in [4.69, 9.17) is 14.3 Å². The van der Waals surface area contributed by atoms with Crippen molar-refractivity contribution in [1.29, 1.82) is 0 Å². The smallest absolute Gasteiger partial charge is 0.278 e. The Hall–Kier alpha value is -3.35. The molecular weight excluding hydrogens is 360 g/mol. The molecular formula is C21H20N2O5. The summed E-state index contributed by atoms with van der Waals surface area (Å²) in [6.07, 6.45) is -0.975. The van der Waals surface area contributed by atoms with E-state index in [1.54, 1.807) is 25.3 Å². The normalized spacial score (nSPS) is 20.7. The zero-order valence-electron chi connectivity index (χ0n) is 16.1. The molecule has 28 heavy (non-hydrogen) atoms. The highest BCUT2D eigenvalue weighted by Crippen LogP contribution is 2.39. The highest BCUT2D eigenvalue weighted by Gasteiger charge is 2.57. The fourth-order valence-electron chi connectivity index (χ4n) is 3.79. The van der Waals surface area contributed by atoms with Gasteiger partial charge in [0.05, 0.1) is 19.9 Å². The van der Waals surface area contributed by atoms with Crippen LogP contribution in [0.25, 0.3) is 0 Å². The molecule has 144 valence electrons. The number of imide groups is 1. The highest BCUT2D eigenvalue weighted by molar-refractivity contribution is 6.33. The SMILES string of the molecule is COc1ccc(OC)c(C2=NO[C@@H]3C(=O)N(c4c(C)cccc4C)C(=O)[C@H]23)c1. The van der Waals surface area contributed by atoms with Gasteiger partial charge in [-0.3, -0.25) is 9.59 Å². The average molecular weight is 380 g/mol. The van der Waals surface area contributed by atoms with Crippen molar-refractivity contribution in [1.82, 2.24) is 0 Å². The molecule has 2 heterocycles. The second-order valence-electron chi connectivity index (χ2n) is 6.80. The zero-order valence-corrected chi connectivity index (χ0v) is 16.1. The number of nitrogens with zero attached hydrogens (tertiary/aromatic N) is 2. The van der Waals surface area contributed by atoms with Crippen molar-refractivity contribution in [3.63, 3.8) is 0 Å². The number of hydrogen-bond acceptors (Lipinski definition) is 6. The van der Waals surface area contributed by atoms with Gasteiger partial charge in [0.1, 0.15) is 23.1 Å². The van der Waals surface area contributed by atoms with E-state index >= 15 is 0 Å². The third-order valence-corrected chi connectivity index (χ3v) is 5.16. The first-order chi connectivity index (χ1) is 13.5. The average Bonchev–Trinajstić information content (AvgIpc) is 3.23. The van der Waals surface area contributed by atoms with Gasteiger partial charge in [-0.2, -0.15) is 0 Å². The predicted octanol–water partition coefficient (Wildman–Crippen LogP) is 2.61. The molecule has 0 unspecified atom stereocenters. The molecule has 2 aliphatic rings. The van der Waals surface area contributed by atoms with E-state index in [0.717, 1.165) is 11.1 Å². The molecule has 0 spiro atoms. The van der Waals surface area contributed by atoms with Crippen LogP contribution >= 0.6 is 0 Å². The lowest BCUT2D eigenvalue weighted by Gasteiger charge is -2.20. The maximum Gasteiger partial charge on any atom is 0.278 e. The largest absolute Gasteiger partial charge is 0.497 e. The first-order valence-corrected chi connectivity index (χ1v) is 8.88. The molecule has 2 amide bonds. The van der Waals surface area contributed by atoms with Gasteiger partial charge in [-0.15, -0.1) is 0 Å². The predicted molar refractivity (Wildman–Crippen MR) is 103 cm³/mol. The highest BCUT2D eigenvalue weighted by atomic mass is 16.7. The number of carbonyl (C=O) groups is 2. The second-order valence-corrected chi connectivity index (χ2v) is 6.80. The number of amides is 2. The maximum atomic E-state index is 13.3. The van der Waals surface area contributed by atoms with Crippen molar-refractivity contribution in [3.8, 4) is 11.5 Å². The van der Waals surface area contributed by atoms with Crippen molar-refractivity contribution in [3.05, 3.63) is 53.1 Å². The van der Waals surface area contributed by atoms with Gasteiger partial charge >= 0.3 is 0 Å². The molecule has 1 saturated heterocycles. The lowest BCUT2D eigenvalue weighted by Crippen LogP contribution is -2.34. The summed E-state index contributed by atoms with van der Waals surface area (Å²) in [6, 6.07) is 10.8. The van der Waals surface area contributed by atoms with Crippen molar-refractivity contribution in [2.75, 3.05) is 19.1 Å². The van der Waals surface area contributed by atoms with Crippen LogP contribution in [0.4, 0.5) is 5.69 Å². The molecule has 4 rings (SSSR count). The van der Waals surface area contributed by atoms with Crippen LogP contribution in [0, 0.1) is 19.8 Å². The molecule has 0 bridgehead atoms. The van der Waals surface area contributed by atoms with Gasteiger partial charge in [-0.1, -0.05) is 23.4 Å². The summed E-state index contributed by atoms with van der Waals surface area (Å²) in [7, 11) is 3.08. The minimum absolute atomic E-state index is 0.353. The summed E-state index contributed by atoms with van der Waals surface area (Å²) in [4.78, 5) is 33.0. The Morgan fingerprint density at radius 1 is 1.00 bits per heavy atom. The van der Waals surface area contributed by atoms with Crippen molar-refractivity contribution in [2.45, 2.75) is 20.0 Å². The fraction of sp³-hybridized carbons (Fsp3) is 0.286. The number of fused-ring (bicyclic) bond motifs is 1. The molecule has 0 aliphatic carbocycles. The van der Waals surface area contributed by atoms with Crippen LogP contribution in [0.3, 0.4) is 0 Å². The number of carbonyl (C=O) groups excluding carboxylic acids is 2. The fourth-order valence-corrected chi connectivity index (χ4v) is 3.79. The Bertz CT molecular complexity index is 994. The first kappa shape index (κ1) is 18.0. The summed E-state index contributed by atoms with van der Waals surface area (Å²) >= 11 is 0. The number of anilines is 1. The molecule has 2 aliphatic heterocycles. The quantitative estimate of drug-likeness (QED) is 0.762. The van der Waals surface area contributed by atoms with Gasteiger partial charge in [0.15, 0.2) is 0 Å². The summed E-state index contributed by atoms with van der Waals surface area (Å²) < 4.78 is 10.7. The van der Waals surface area contributed by atoms with E-state index in [2.05, 4.69) is 5.16 Å². The topological polar surface area (TPSA) is 77.4 Å². The van der Waals surface area contributed by atoms with Crippen LogP contribution in [-0.4, -0.2) is 37.8 Å². The number of benzene rings is 2. The van der Waals surface area contributed by atoms with E-state index in [0.29, 0.717) is 28.5 Å². The van der Waals surface area contributed by atoms with Gasteiger partial charge in [0, 0.05) is 5.56 Å². The number of para-hydroxylation sites is 1. The Morgan fingerprint density at radius 2 is 1.71 bits per heavy atom. The summed E-state index contributed by atoms with van der Waals surface area (Å²) in [6.45, 7) is 3.75. The number of methoxy groups -OCH3 is 2.